The Hall–Kier alpha value is -2.34. The Morgan fingerprint density at radius 3 is 2.36 bits per heavy atom. The van der Waals surface area contributed by atoms with E-state index in [0.29, 0.717) is 13.1 Å². The van der Waals surface area contributed by atoms with E-state index in [2.05, 4.69) is 5.10 Å². The second-order valence-corrected chi connectivity index (χ2v) is 6.96. The molecule has 1 aromatic heterocycles. The Kier molecular flexibility index (Phi) is 4.81. The molecule has 0 radical (unpaired) electrons. The van der Waals surface area contributed by atoms with E-state index in [1.165, 1.54) is 0 Å². The molecule has 0 saturated carbocycles. The molecule has 3 rings (SSSR count). The number of aryl methyl sites for hydroxylation is 2. The first-order chi connectivity index (χ1) is 11.8. The molecule has 0 aliphatic carbocycles. The van der Waals surface area contributed by atoms with Crippen LogP contribution in [0.4, 0.5) is 0 Å². The summed E-state index contributed by atoms with van der Waals surface area (Å²) in [5, 5.41) is 14.2. The molecule has 1 fully saturated rings. The van der Waals surface area contributed by atoms with Gasteiger partial charge in [-0.15, -0.1) is 0 Å². The number of carboxylic acids is 1. The Labute approximate surface area is 148 Å². The number of hydrogen-bond acceptors (Lipinski definition) is 4. The van der Waals surface area contributed by atoms with E-state index in [1.54, 1.807) is 0 Å². The molecule has 25 heavy (non-hydrogen) atoms. The van der Waals surface area contributed by atoms with Gasteiger partial charge in [0.15, 0.2) is 0 Å². The lowest BCUT2D eigenvalue weighted by atomic mass is 9.99. The monoisotopic (exact) mass is 343 g/mol. The van der Waals surface area contributed by atoms with Crippen molar-refractivity contribution in [1.82, 2.24) is 14.7 Å². The number of aliphatic carboxylic acids is 1. The van der Waals surface area contributed by atoms with Gasteiger partial charge < -0.3 is 9.84 Å². The number of carbonyl (C=O) groups is 1. The molecule has 1 aliphatic heterocycles. The van der Waals surface area contributed by atoms with Gasteiger partial charge in [-0.2, -0.15) is 5.10 Å². The van der Waals surface area contributed by atoms with Crippen molar-refractivity contribution in [2.45, 2.75) is 45.9 Å². The van der Waals surface area contributed by atoms with Crippen molar-refractivity contribution in [3.8, 4) is 5.75 Å². The van der Waals surface area contributed by atoms with Gasteiger partial charge in [0, 0.05) is 18.8 Å². The third kappa shape index (κ3) is 3.69. The maximum atomic E-state index is 11.8. The normalized spacial score (nSPS) is 16.7. The number of benzene rings is 1. The zero-order valence-corrected chi connectivity index (χ0v) is 15.1. The smallest absolute Gasteiger partial charge is 0.325 e. The van der Waals surface area contributed by atoms with Gasteiger partial charge in [0.25, 0.3) is 0 Å². The summed E-state index contributed by atoms with van der Waals surface area (Å²) in [7, 11) is 0. The lowest BCUT2D eigenvalue weighted by Gasteiger charge is -2.43. The third-order valence-electron chi connectivity index (χ3n) is 4.45. The number of carboxylic acid groups (broad SMARTS) is 1. The van der Waals surface area contributed by atoms with Crippen LogP contribution in [-0.2, 0) is 4.79 Å². The Balaban J connectivity index is 1.71. The molecule has 6 heteroatoms. The molecule has 1 saturated heterocycles. The van der Waals surface area contributed by atoms with Crippen LogP contribution in [-0.4, -0.2) is 44.9 Å². The number of likely N-dealkylation sites (tertiary alicyclic amines) is 1. The first kappa shape index (κ1) is 17.5. The summed E-state index contributed by atoms with van der Waals surface area (Å²) < 4.78 is 7.63. The molecule has 1 aromatic carbocycles. The molecule has 0 bridgehead atoms. The summed E-state index contributed by atoms with van der Waals surface area (Å²) in [5.74, 6) is -0.0728. The van der Waals surface area contributed by atoms with Gasteiger partial charge in [-0.05, 0) is 51.5 Å². The fraction of sp³-hybridized carbons (Fsp3) is 0.474. The van der Waals surface area contributed by atoms with Crippen molar-refractivity contribution in [2.75, 3.05) is 13.1 Å². The minimum absolute atomic E-state index is 0.0954. The quantitative estimate of drug-likeness (QED) is 0.873. The average Bonchev–Trinajstić information content (AvgIpc) is 2.81. The van der Waals surface area contributed by atoms with Gasteiger partial charge >= 0.3 is 5.97 Å². The lowest BCUT2D eigenvalue weighted by molar-refractivity contribution is -0.146. The molecular formula is C19H25N3O3. The van der Waals surface area contributed by atoms with Crippen molar-refractivity contribution in [1.29, 1.82) is 0 Å². The first-order valence-electron chi connectivity index (χ1n) is 8.61. The summed E-state index contributed by atoms with van der Waals surface area (Å²) in [4.78, 5) is 13.8. The van der Waals surface area contributed by atoms with Gasteiger partial charge in [-0.1, -0.05) is 12.1 Å². The van der Waals surface area contributed by atoms with Gasteiger partial charge in [-0.25, -0.2) is 0 Å². The van der Waals surface area contributed by atoms with Crippen LogP contribution in [0.5, 0.6) is 5.75 Å². The highest BCUT2D eigenvalue weighted by molar-refractivity contribution is 5.75. The van der Waals surface area contributed by atoms with Crippen molar-refractivity contribution in [3.05, 3.63) is 47.3 Å². The summed E-state index contributed by atoms with van der Waals surface area (Å²) in [6.07, 6.45) is 0.0954. The van der Waals surface area contributed by atoms with E-state index in [1.807, 2.05) is 67.6 Å². The highest BCUT2D eigenvalue weighted by Gasteiger charge is 2.38. The molecule has 1 unspecified atom stereocenters. The number of nitrogens with zero attached hydrogens (tertiary/aromatic N) is 3. The largest absolute Gasteiger partial charge is 0.491 e. The topological polar surface area (TPSA) is 67.6 Å². The highest BCUT2D eigenvalue weighted by atomic mass is 16.5. The number of rotatable bonds is 6. The summed E-state index contributed by atoms with van der Waals surface area (Å²) >= 11 is 0. The molecule has 0 amide bonds. The van der Waals surface area contributed by atoms with Crippen LogP contribution in [0.25, 0.3) is 0 Å². The zero-order valence-electron chi connectivity index (χ0n) is 15.1. The lowest BCUT2D eigenvalue weighted by Crippen LogP contribution is -2.51. The molecule has 2 heterocycles. The van der Waals surface area contributed by atoms with Crippen LogP contribution in [0.15, 0.2) is 30.3 Å². The highest BCUT2D eigenvalue weighted by Crippen LogP contribution is 2.32. The van der Waals surface area contributed by atoms with E-state index in [-0.39, 0.29) is 12.1 Å². The van der Waals surface area contributed by atoms with Gasteiger partial charge in [-0.3, -0.25) is 14.4 Å². The van der Waals surface area contributed by atoms with Crippen LogP contribution in [0.3, 0.4) is 0 Å². The van der Waals surface area contributed by atoms with E-state index in [4.69, 9.17) is 4.74 Å². The molecular weight excluding hydrogens is 318 g/mol. The van der Waals surface area contributed by atoms with E-state index in [0.717, 1.165) is 22.7 Å². The predicted molar refractivity (Wildman–Crippen MR) is 94.9 cm³/mol. The van der Waals surface area contributed by atoms with Crippen molar-refractivity contribution >= 4 is 5.97 Å². The molecule has 2 aromatic rings. The fourth-order valence-electron chi connectivity index (χ4n) is 3.38. The van der Waals surface area contributed by atoms with Gasteiger partial charge in [0.2, 0.25) is 0 Å². The summed E-state index contributed by atoms with van der Waals surface area (Å²) in [6, 6.07) is 9.00. The van der Waals surface area contributed by atoms with Gasteiger partial charge in [0.05, 0.1) is 17.8 Å². The second kappa shape index (κ2) is 6.88. The van der Waals surface area contributed by atoms with Crippen molar-refractivity contribution in [2.24, 2.45) is 0 Å². The van der Waals surface area contributed by atoms with Gasteiger partial charge in [0.1, 0.15) is 11.8 Å². The number of ether oxygens (including phenoxy) is 1. The molecule has 1 aliphatic rings. The van der Waals surface area contributed by atoms with Crippen molar-refractivity contribution in [3.63, 3.8) is 0 Å². The van der Waals surface area contributed by atoms with E-state index < -0.39 is 12.0 Å². The minimum atomic E-state index is -0.829. The SMILES string of the molecule is Cc1cc(C)n(C2CN(C(C(=O)O)c3ccc(OC(C)C)cc3)C2)n1. The Bertz CT molecular complexity index is 746. The average molecular weight is 343 g/mol. The van der Waals surface area contributed by atoms with Crippen LogP contribution >= 0.6 is 0 Å². The summed E-state index contributed by atoms with van der Waals surface area (Å²) in [5.41, 5.74) is 2.88. The Morgan fingerprint density at radius 1 is 1.24 bits per heavy atom. The third-order valence-corrected chi connectivity index (χ3v) is 4.45. The van der Waals surface area contributed by atoms with Crippen LogP contribution in [0.2, 0.25) is 0 Å². The van der Waals surface area contributed by atoms with Crippen LogP contribution in [0, 0.1) is 13.8 Å². The summed E-state index contributed by atoms with van der Waals surface area (Å²) in [6.45, 7) is 9.30. The minimum Gasteiger partial charge on any atom is -0.491 e. The maximum Gasteiger partial charge on any atom is 0.325 e. The molecule has 1 N–H and O–H groups in total. The maximum absolute atomic E-state index is 11.8. The number of aromatic nitrogens is 2. The van der Waals surface area contributed by atoms with Crippen LogP contribution < -0.4 is 4.74 Å². The molecule has 6 nitrogen and oxygen atoms in total. The van der Waals surface area contributed by atoms with Crippen LogP contribution in [0.1, 0.15) is 42.9 Å². The zero-order chi connectivity index (χ0) is 18.1. The second-order valence-electron chi connectivity index (χ2n) is 6.96. The Morgan fingerprint density at radius 2 is 1.88 bits per heavy atom. The molecule has 0 spiro atoms. The standard InChI is InChI=1S/C19H25N3O3/c1-12(2)25-17-7-5-15(6-8-17)18(19(23)24)21-10-16(11-21)22-14(4)9-13(3)20-22/h5-9,12,16,18H,10-11H2,1-4H3,(H,23,24). The van der Waals surface area contributed by atoms with E-state index >= 15 is 0 Å². The molecule has 134 valence electrons. The first-order valence-corrected chi connectivity index (χ1v) is 8.61. The number of hydrogen-bond donors (Lipinski definition) is 1. The van der Waals surface area contributed by atoms with E-state index in [9.17, 15) is 9.90 Å². The molecule has 1 atom stereocenters. The predicted octanol–water partition coefficient (Wildman–Crippen LogP) is 2.97. The van der Waals surface area contributed by atoms with Crippen molar-refractivity contribution < 1.29 is 14.6 Å². The fourth-order valence-corrected chi connectivity index (χ4v) is 3.38.